The Balaban J connectivity index is 2.20. The zero-order chi connectivity index (χ0) is 24.0. The molecule has 0 atom stereocenters. The van der Waals surface area contributed by atoms with Gasteiger partial charge in [0.15, 0.2) is 17.3 Å². The van der Waals surface area contributed by atoms with Crippen molar-refractivity contribution in [3.8, 4) is 23.0 Å². The second-order valence-corrected chi connectivity index (χ2v) is 6.85. The number of hydrogen-bond donors (Lipinski definition) is 1. The molecular weight excluding hydrogens is 432 g/mol. The summed E-state index contributed by atoms with van der Waals surface area (Å²) in [6, 6.07) is 9.33. The van der Waals surface area contributed by atoms with Gasteiger partial charge in [-0.05, 0) is 35.9 Å². The highest BCUT2D eigenvalue weighted by Gasteiger charge is 2.28. The van der Waals surface area contributed by atoms with Gasteiger partial charge in [-0.1, -0.05) is 12.1 Å². The van der Waals surface area contributed by atoms with Crippen molar-refractivity contribution >= 4 is 17.3 Å². The Hall–Kier alpha value is -3.98. The molecule has 0 aliphatic carbocycles. The van der Waals surface area contributed by atoms with Crippen LogP contribution in [0.5, 0.6) is 23.0 Å². The number of methoxy groups -OCH3 is 4. The highest BCUT2D eigenvalue weighted by Crippen LogP contribution is 2.40. The normalized spacial score (nSPS) is 13.4. The lowest BCUT2D eigenvalue weighted by Gasteiger charge is -2.16. The molecule has 174 valence electrons. The van der Waals surface area contributed by atoms with Gasteiger partial charge in [-0.3, -0.25) is 4.79 Å². The van der Waals surface area contributed by atoms with Gasteiger partial charge in [-0.15, -0.1) is 0 Å². The Morgan fingerprint density at radius 1 is 0.909 bits per heavy atom. The maximum atomic E-state index is 13.7. The first kappa shape index (κ1) is 23.7. The van der Waals surface area contributed by atoms with Crippen molar-refractivity contribution in [1.29, 1.82) is 0 Å². The van der Waals surface area contributed by atoms with Crippen LogP contribution >= 0.6 is 0 Å². The molecule has 0 unspecified atom stereocenters. The molecule has 1 heterocycles. The third-order valence-corrected chi connectivity index (χ3v) is 4.99. The first-order valence-corrected chi connectivity index (χ1v) is 9.87. The topological polar surface area (TPSA) is 110 Å². The lowest BCUT2D eigenvalue weighted by Crippen LogP contribution is -2.13. The van der Waals surface area contributed by atoms with Crippen LogP contribution in [0.2, 0.25) is 0 Å². The first-order chi connectivity index (χ1) is 15.9. The number of carbonyl (C=O) groups is 2. The molecule has 1 aliphatic rings. The number of rotatable bonds is 10. The Kier molecular flexibility index (Phi) is 7.57. The minimum Gasteiger partial charge on any atom is -0.497 e. The van der Waals surface area contributed by atoms with Gasteiger partial charge in [0.05, 0.1) is 34.0 Å². The van der Waals surface area contributed by atoms with E-state index in [1.165, 1.54) is 40.6 Å². The molecule has 0 spiro atoms. The number of carbonyl (C=O) groups excluding carboxylic acids is 1. The van der Waals surface area contributed by atoms with Crippen molar-refractivity contribution in [2.75, 3.05) is 35.0 Å². The van der Waals surface area contributed by atoms with Crippen LogP contribution in [0.3, 0.4) is 0 Å². The summed E-state index contributed by atoms with van der Waals surface area (Å²) in [5, 5.41) is 10.1. The average molecular weight is 456 g/mol. The third kappa shape index (κ3) is 5.09. The summed E-state index contributed by atoms with van der Waals surface area (Å²) in [5.41, 5.74) is 0.316. The standard InChI is InChI=1S/C24H24O9/c1-28-16-7-5-14(6-8-16)21(24(26)27)18(13-17-9-10-32-33-17)22(25)15-11-19(29-2)23(31-4)20(12-15)30-3/h5-9,11-12H,10,13H2,1-4H3,(H,26,27). The number of benzene rings is 2. The van der Waals surface area contributed by atoms with E-state index in [2.05, 4.69) is 0 Å². The number of Topliss-reactive ketones (excluding diaryl/α,β-unsaturated/α-hetero) is 1. The SMILES string of the molecule is COc1ccc(C(C(=O)O)=C(CC2=CCOO2)C(=O)c2cc(OC)c(OC)c(OC)c2)cc1. The maximum absolute atomic E-state index is 13.7. The van der Waals surface area contributed by atoms with Crippen LogP contribution in [0.25, 0.3) is 5.57 Å². The predicted octanol–water partition coefficient (Wildman–Crippen LogP) is 3.68. The molecule has 2 aromatic rings. The van der Waals surface area contributed by atoms with E-state index in [1.807, 2.05) is 0 Å². The minimum atomic E-state index is -1.27. The van der Waals surface area contributed by atoms with Crippen LogP contribution in [0.1, 0.15) is 22.3 Å². The molecule has 0 saturated heterocycles. The highest BCUT2D eigenvalue weighted by molar-refractivity contribution is 6.26. The molecule has 0 saturated carbocycles. The highest BCUT2D eigenvalue weighted by atomic mass is 17.2. The van der Waals surface area contributed by atoms with E-state index in [0.29, 0.717) is 22.8 Å². The summed E-state index contributed by atoms with van der Waals surface area (Å²) in [6.45, 7) is 0.200. The number of ketones is 1. The summed E-state index contributed by atoms with van der Waals surface area (Å²) in [4.78, 5) is 36.0. The van der Waals surface area contributed by atoms with E-state index >= 15 is 0 Å². The summed E-state index contributed by atoms with van der Waals surface area (Å²) in [6.07, 6.45) is 1.54. The Morgan fingerprint density at radius 2 is 1.55 bits per heavy atom. The molecule has 2 aromatic carbocycles. The van der Waals surface area contributed by atoms with Crippen molar-refractivity contribution in [1.82, 2.24) is 0 Å². The Labute approximate surface area is 190 Å². The molecule has 9 heteroatoms. The summed E-state index contributed by atoms with van der Waals surface area (Å²) in [5.74, 6) is -0.0874. The quantitative estimate of drug-likeness (QED) is 0.325. The van der Waals surface area contributed by atoms with Crippen LogP contribution in [-0.4, -0.2) is 51.9 Å². The fraction of sp³-hybridized carbons (Fsp3) is 0.250. The monoisotopic (exact) mass is 456 g/mol. The lowest BCUT2D eigenvalue weighted by atomic mass is 9.90. The molecular formula is C24H24O9. The van der Waals surface area contributed by atoms with Gasteiger partial charge in [-0.2, -0.15) is 4.89 Å². The van der Waals surface area contributed by atoms with E-state index in [-0.39, 0.29) is 41.2 Å². The zero-order valence-corrected chi connectivity index (χ0v) is 18.7. The van der Waals surface area contributed by atoms with E-state index in [0.717, 1.165) is 0 Å². The second-order valence-electron chi connectivity index (χ2n) is 6.85. The van der Waals surface area contributed by atoms with Crippen molar-refractivity contribution in [3.05, 3.63) is 64.9 Å². The van der Waals surface area contributed by atoms with Crippen LogP contribution < -0.4 is 18.9 Å². The number of hydrogen-bond acceptors (Lipinski definition) is 8. The zero-order valence-electron chi connectivity index (χ0n) is 18.7. The number of carboxylic acids is 1. The molecule has 0 aromatic heterocycles. The van der Waals surface area contributed by atoms with Gasteiger partial charge in [0.25, 0.3) is 0 Å². The molecule has 9 nitrogen and oxygen atoms in total. The Morgan fingerprint density at radius 3 is 2.00 bits per heavy atom. The lowest BCUT2D eigenvalue weighted by molar-refractivity contribution is -0.234. The van der Waals surface area contributed by atoms with Gasteiger partial charge in [0, 0.05) is 17.6 Å². The first-order valence-electron chi connectivity index (χ1n) is 9.87. The molecule has 0 bridgehead atoms. The van der Waals surface area contributed by atoms with Crippen molar-refractivity contribution in [2.24, 2.45) is 0 Å². The molecule has 3 rings (SSSR count). The van der Waals surface area contributed by atoms with E-state index in [4.69, 9.17) is 28.7 Å². The molecule has 1 N–H and O–H groups in total. The molecule has 0 fully saturated rings. The maximum Gasteiger partial charge on any atom is 0.336 e. The van der Waals surface area contributed by atoms with Gasteiger partial charge < -0.3 is 28.9 Å². The molecule has 0 amide bonds. The van der Waals surface area contributed by atoms with E-state index in [1.54, 1.807) is 30.3 Å². The van der Waals surface area contributed by atoms with E-state index < -0.39 is 11.8 Å². The molecule has 33 heavy (non-hydrogen) atoms. The van der Waals surface area contributed by atoms with Crippen LogP contribution in [0, 0.1) is 0 Å². The average Bonchev–Trinajstić information content (AvgIpc) is 3.35. The smallest absolute Gasteiger partial charge is 0.336 e. The number of carboxylic acid groups (broad SMARTS) is 1. The van der Waals surface area contributed by atoms with Gasteiger partial charge in [0.2, 0.25) is 5.75 Å². The summed E-state index contributed by atoms with van der Waals surface area (Å²) in [7, 11) is 5.81. The van der Waals surface area contributed by atoms with Gasteiger partial charge in [-0.25, -0.2) is 4.79 Å². The minimum absolute atomic E-state index is 0.00121. The van der Waals surface area contributed by atoms with Crippen LogP contribution in [-0.2, 0) is 14.6 Å². The van der Waals surface area contributed by atoms with Crippen molar-refractivity contribution in [2.45, 2.75) is 6.42 Å². The number of allylic oxidation sites excluding steroid dienone is 1. The summed E-state index contributed by atoms with van der Waals surface area (Å²) < 4.78 is 21.1. The fourth-order valence-electron chi connectivity index (χ4n) is 3.40. The largest absolute Gasteiger partial charge is 0.497 e. The number of ether oxygens (including phenoxy) is 4. The predicted molar refractivity (Wildman–Crippen MR) is 118 cm³/mol. The van der Waals surface area contributed by atoms with E-state index in [9.17, 15) is 14.7 Å². The van der Waals surface area contributed by atoms with Crippen molar-refractivity contribution in [3.63, 3.8) is 0 Å². The van der Waals surface area contributed by atoms with Crippen molar-refractivity contribution < 1.29 is 43.4 Å². The third-order valence-electron chi connectivity index (χ3n) is 4.99. The molecule has 1 aliphatic heterocycles. The second kappa shape index (κ2) is 10.6. The fourth-order valence-corrected chi connectivity index (χ4v) is 3.40. The molecule has 0 radical (unpaired) electrons. The van der Waals surface area contributed by atoms with Crippen LogP contribution in [0.15, 0.2) is 53.8 Å². The Bertz CT molecular complexity index is 1070. The van der Waals surface area contributed by atoms with Crippen LogP contribution in [0.4, 0.5) is 0 Å². The summed E-state index contributed by atoms with van der Waals surface area (Å²) >= 11 is 0. The number of aliphatic carboxylic acids is 1. The van der Waals surface area contributed by atoms with Gasteiger partial charge in [0.1, 0.15) is 18.1 Å². The van der Waals surface area contributed by atoms with Gasteiger partial charge >= 0.3 is 5.97 Å².